The minimum absolute atomic E-state index is 0.900. The number of likely N-dealkylation sites (tertiary alicyclic amines) is 1. The van der Waals surface area contributed by atoms with Crippen molar-refractivity contribution in [2.75, 3.05) is 26.2 Å². The van der Waals surface area contributed by atoms with Crippen LogP contribution in [0.1, 0.15) is 24.8 Å². The largest absolute Gasteiger partial charge is 0.464 e. The quantitative estimate of drug-likeness (QED) is 0.807. The third-order valence-electron chi connectivity index (χ3n) is 3.90. The third-order valence-corrected chi connectivity index (χ3v) is 3.90. The van der Waals surface area contributed by atoms with Gasteiger partial charge in [0.2, 0.25) is 0 Å². The Morgan fingerprint density at radius 3 is 2.89 bits per heavy atom. The van der Waals surface area contributed by atoms with Gasteiger partial charge in [-0.15, -0.1) is 0 Å². The molecule has 102 valence electrons. The first kappa shape index (κ1) is 12.7. The van der Waals surface area contributed by atoms with E-state index in [1.54, 1.807) is 0 Å². The number of nitrogens with one attached hydrogen (secondary N) is 1. The molecule has 3 rings (SSSR count). The Kier molecular flexibility index (Phi) is 4.16. The van der Waals surface area contributed by atoms with Gasteiger partial charge < -0.3 is 14.6 Å². The van der Waals surface area contributed by atoms with Crippen LogP contribution in [-0.2, 0) is 6.54 Å². The van der Waals surface area contributed by atoms with Crippen molar-refractivity contribution in [1.29, 1.82) is 0 Å². The van der Waals surface area contributed by atoms with Crippen LogP contribution in [0.15, 0.2) is 34.9 Å². The second kappa shape index (κ2) is 6.22. The number of fused-ring (bicyclic) bond motifs is 1. The Morgan fingerprint density at radius 1 is 1.16 bits per heavy atom. The number of nitrogens with zero attached hydrogens (tertiary/aromatic N) is 1. The van der Waals surface area contributed by atoms with E-state index in [0.717, 1.165) is 18.7 Å². The minimum Gasteiger partial charge on any atom is -0.464 e. The average Bonchev–Trinajstić information content (AvgIpc) is 3.08. The first-order valence-corrected chi connectivity index (χ1v) is 7.32. The lowest BCUT2D eigenvalue weighted by Crippen LogP contribution is -2.24. The van der Waals surface area contributed by atoms with Crippen LogP contribution in [0.5, 0.6) is 0 Å². The molecule has 19 heavy (non-hydrogen) atoms. The van der Waals surface area contributed by atoms with Gasteiger partial charge in [-0.2, -0.15) is 0 Å². The molecule has 1 aliphatic heterocycles. The molecule has 0 atom stereocenters. The maximum atomic E-state index is 5.54. The minimum atomic E-state index is 0.900. The molecule has 1 aromatic heterocycles. The van der Waals surface area contributed by atoms with E-state index in [1.165, 1.54) is 49.8 Å². The van der Waals surface area contributed by atoms with Gasteiger partial charge in [0.1, 0.15) is 5.58 Å². The summed E-state index contributed by atoms with van der Waals surface area (Å²) in [5, 5.41) is 4.75. The molecule has 1 aromatic carbocycles. The Bertz CT molecular complexity index is 514. The maximum Gasteiger partial charge on any atom is 0.134 e. The molecule has 0 aliphatic carbocycles. The number of para-hydroxylation sites is 1. The average molecular weight is 258 g/mol. The van der Waals surface area contributed by atoms with Gasteiger partial charge in [0.25, 0.3) is 0 Å². The van der Waals surface area contributed by atoms with E-state index < -0.39 is 0 Å². The Hall–Kier alpha value is -1.32. The van der Waals surface area contributed by atoms with Crippen LogP contribution in [0, 0.1) is 0 Å². The second-order valence-electron chi connectivity index (χ2n) is 5.34. The Morgan fingerprint density at radius 2 is 2.00 bits per heavy atom. The van der Waals surface area contributed by atoms with Gasteiger partial charge in [-0.25, -0.2) is 0 Å². The van der Waals surface area contributed by atoms with Crippen molar-refractivity contribution in [3.8, 4) is 0 Å². The van der Waals surface area contributed by atoms with Crippen LogP contribution in [-0.4, -0.2) is 31.1 Å². The Labute approximate surface area is 114 Å². The summed E-state index contributed by atoms with van der Waals surface area (Å²) in [5.74, 6) is 0. The van der Waals surface area contributed by atoms with Crippen LogP contribution in [0.2, 0.25) is 0 Å². The predicted molar refractivity (Wildman–Crippen MR) is 78.2 cm³/mol. The van der Waals surface area contributed by atoms with Crippen LogP contribution >= 0.6 is 0 Å². The highest BCUT2D eigenvalue weighted by atomic mass is 16.3. The summed E-state index contributed by atoms with van der Waals surface area (Å²) in [6, 6.07) is 8.22. The SMILES string of the molecule is c1ccc2c(CNCCCN3CCCC3)coc2c1. The zero-order chi connectivity index (χ0) is 12.9. The molecule has 0 unspecified atom stereocenters. The lowest BCUT2D eigenvalue weighted by Gasteiger charge is -2.14. The van der Waals surface area contributed by atoms with E-state index in [4.69, 9.17) is 4.42 Å². The molecule has 1 fully saturated rings. The molecule has 3 nitrogen and oxygen atoms in total. The highest BCUT2D eigenvalue weighted by Crippen LogP contribution is 2.20. The smallest absolute Gasteiger partial charge is 0.134 e. The molecule has 0 radical (unpaired) electrons. The molecule has 1 aliphatic rings. The number of furan rings is 1. The fraction of sp³-hybridized carbons (Fsp3) is 0.500. The molecular weight excluding hydrogens is 236 g/mol. The molecule has 2 aromatic rings. The van der Waals surface area contributed by atoms with E-state index in [-0.39, 0.29) is 0 Å². The number of hydrogen-bond acceptors (Lipinski definition) is 3. The molecule has 0 saturated carbocycles. The fourth-order valence-electron chi connectivity index (χ4n) is 2.83. The summed E-state index contributed by atoms with van der Waals surface area (Å²) < 4.78 is 5.54. The highest BCUT2D eigenvalue weighted by Gasteiger charge is 2.10. The zero-order valence-electron chi connectivity index (χ0n) is 11.4. The van der Waals surface area contributed by atoms with Gasteiger partial charge >= 0.3 is 0 Å². The predicted octanol–water partition coefficient (Wildman–Crippen LogP) is 3.01. The van der Waals surface area contributed by atoms with Gasteiger partial charge in [0.05, 0.1) is 6.26 Å². The first-order chi connectivity index (χ1) is 9.43. The van der Waals surface area contributed by atoms with E-state index in [9.17, 15) is 0 Å². The lowest BCUT2D eigenvalue weighted by molar-refractivity contribution is 0.331. The van der Waals surface area contributed by atoms with Crippen molar-refractivity contribution in [3.05, 3.63) is 36.1 Å². The summed E-state index contributed by atoms with van der Waals surface area (Å²) in [5.41, 5.74) is 2.24. The van der Waals surface area contributed by atoms with Gasteiger partial charge in [0.15, 0.2) is 0 Å². The topological polar surface area (TPSA) is 28.4 Å². The van der Waals surface area contributed by atoms with Gasteiger partial charge in [-0.1, -0.05) is 18.2 Å². The molecule has 0 amide bonds. The van der Waals surface area contributed by atoms with Crippen molar-refractivity contribution in [3.63, 3.8) is 0 Å². The van der Waals surface area contributed by atoms with Crippen molar-refractivity contribution >= 4 is 11.0 Å². The summed E-state index contributed by atoms with van der Waals surface area (Å²) in [6.07, 6.45) is 5.87. The molecule has 0 spiro atoms. The number of rotatable bonds is 6. The fourth-order valence-corrected chi connectivity index (χ4v) is 2.83. The number of benzene rings is 1. The summed E-state index contributed by atoms with van der Waals surface area (Å²) in [6.45, 7) is 5.81. The maximum absolute atomic E-state index is 5.54. The Balaban J connectivity index is 1.42. The van der Waals surface area contributed by atoms with Crippen molar-refractivity contribution in [1.82, 2.24) is 10.2 Å². The van der Waals surface area contributed by atoms with Gasteiger partial charge in [-0.3, -0.25) is 0 Å². The van der Waals surface area contributed by atoms with Crippen molar-refractivity contribution < 1.29 is 4.42 Å². The van der Waals surface area contributed by atoms with Crippen molar-refractivity contribution in [2.24, 2.45) is 0 Å². The summed E-state index contributed by atoms with van der Waals surface area (Å²) >= 11 is 0. The van der Waals surface area contributed by atoms with Crippen LogP contribution in [0.3, 0.4) is 0 Å². The molecule has 1 N–H and O–H groups in total. The van der Waals surface area contributed by atoms with E-state index in [1.807, 2.05) is 18.4 Å². The van der Waals surface area contributed by atoms with Crippen molar-refractivity contribution in [2.45, 2.75) is 25.8 Å². The van der Waals surface area contributed by atoms with Crippen LogP contribution in [0.4, 0.5) is 0 Å². The van der Waals surface area contributed by atoms with Gasteiger partial charge in [0, 0.05) is 17.5 Å². The van der Waals surface area contributed by atoms with Gasteiger partial charge in [-0.05, 0) is 51.5 Å². The number of hydrogen-bond donors (Lipinski definition) is 1. The third kappa shape index (κ3) is 3.17. The van der Waals surface area contributed by atoms with E-state index >= 15 is 0 Å². The van der Waals surface area contributed by atoms with Crippen LogP contribution in [0.25, 0.3) is 11.0 Å². The summed E-state index contributed by atoms with van der Waals surface area (Å²) in [4.78, 5) is 2.56. The normalized spacial score (nSPS) is 16.4. The van der Waals surface area contributed by atoms with E-state index in [0.29, 0.717) is 0 Å². The molecule has 3 heteroatoms. The zero-order valence-corrected chi connectivity index (χ0v) is 11.4. The second-order valence-corrected chi connectivity index (χ2v) is 5.34. The monoisotopic (exact) mass is 258 g/mol. The highest BCUT2D eigenvalue weighted by molar-refractivity contribution is 5.80. The summed E-state index contributed by atoms with van der Waals surface area (Å²) in [7, 11) is 0. The lowest BCUT2D eigenvalue weighted by atomic mass is 10.2. The standard InChI is InChI=1S/C16H22N2O/c1-2-7-16-15(6-1)14(13-19-16)12-17-8-5-11-18-9-3-4-10-18/h1-2,6-7,13,17H,3-5,8-12H2. The first-order valence-electron chi connectivity index (χ1n) is 7.32. The van der Waals surface area contributed by atoms with Crippen LogP contribution < -0.4 is 5.32 Å². The molecule has 2 heterocycles. The molecular formula is C16H22N2O. The molecule has 0 bridgehead atoms. The molecule has 1 saturated heterocycles. The van der Waals surface area contributed by atoms with E-state index in [2.05, 4.69) is 22.3 Å².